The van der Waals surface area contributed by atoms with E-state index in [9.17, 15) is 18.0 Å². The lowest BCUT2D eigenvalue weighted by Crippen LogP contribution is -2.31. The SMILES string of the molecule is CCc1cc(SC(C)C2=C=CN(c3ccc(C(F)(F)F)cc3)N=C2C(C)(C)C)ccc1CCC(=O)O. The maximum Gasteiger partial charge on any atom is 0.416 e. The Morgan fingerprint density at radius 3 is 2.33 bits per heavy atom. The predicted molar refractivity (Wildman–Crippen MR) is 140 cm³/mol. The number of halogens is 3. The Morgan fingerprint density at radius 2 is 1.78 bits per heavy atom. The van der Waals surface area contributed by atoms with Gasteiger partial charge in [0.05, 0.1) is 23.2 Å². The van der Waals surface area contributed by atoms with Crippen LogP contribution < -0.4 is 5.01 Å². The molecular formula is C28H31F3N2O2S. The van der Waals surface area contributed by atoms with Crippen LogP contribution in [0.4, 0.5) is 18.9 Å². The van der Waals surface area contributed by atoms with Crippen LogP contribution in [0, 0.1) is 5.41 Å². The Kier molecular flexibility index (Phi) is 8.42. The molecule has 1 aliphatic heterocycles. The van der Waals surface area contributed by atoms with Crippen molar-refractivity contribution in [3.63, 3.8) is 0 Å². The third kappa shape index (κ3) is 6.83. The summed E-state index contributed by atoms with van der Waals surface area (Å²) < 4.78 is 38.8. The molecular weight excluding hydrogens is 485 g/mol. The van der Waals surface area contributed by atoms with Crippen LogP contribution in [-0.4, -0.2) is 22.0 Å². The number of alkyl halides is 3. The first-order valence-electron chi connectivity index (χ1n) is 11.8. The van der Waals surface area contributed by atoms with Crippen molar-refractivity contribution in [2.75, 3.05) is 5.01 Å². The van der Waals surface area contributed by atoms with E-state index in [-0.39, 0.29) is 17.1 Å². The van der Waals surface area contributed by atoms with Crippen LogP contribution >= 0.6 is 11.8 Å². The molecule has 0 spiro atoms. The largest absolute Gasteiger partial charge is 0.481 e. The molecule has 0 bridgehead atoms. The highest BCUT2D eigenvalue weighted by atomic mass is 32.2. The number of rotatable bonds is 8. The quantitative estimate of drug-likeness (QED) is 0.288. The highest BCUT2D eigenvalue weighted by Crippen LogP contribution is 2.36. The van der Waals surface area contributed by atoms with Gasteiger partial charge in [-0.15, -0.1) is 11.8 Å². The zero-order valence-corrected chi connectivity index (χ0v) is 21.9. The molecule has 4 nitrogen and oxygen atoms in total. The molecule has 192 valence electrons. The lowest BCUT2D eigenvalue weighted by atomic mass is 9.84. The van der Waals surface area contributed by atoms with Gasteiger partial charge in [0.1, 0.15) is 0 Å². The molecule has 0 amide bonds. The lowest BCUT2D eigenvalue weighted by Gasteiger charge is -2.30. The van der Waals surface area contributed by atoms with Gasteiger partial charge in [0, 0.05) is 27.6 Å². The summed E-state index contributed by atoms with van der Waals surface area (Å²) in [6, 6.07) is 11.1. The highest BCUT2D eigenvalue weighted by molar-refractivity contribution is 8.00. The summed E-state index contributed by atoms with van der Waals surface area (Å²) in [5.74, 6) is -0.806. The first-order valence-corrected chi connectivity index (χ1v) is 12.7. The van der Waals surface area contributed by atoms with E-state index in [1.54, 1.807) is 23.0 Å². The van der Waals surface area contributed by atoms with E-state index in [0.717, 1.165) is 45.9 Å². The number of aliphatic carboxylic acids is 1. The number of hydrazone groups is 1. The molecule has 0 radical (unpaired) electrons. The van der Waals surface area contributed by atoms with E-state index in [1.807, 2.05) is 32.9 Å². The van der Waals surface area contributed by atoms with Crippen LogP contribution in [0.2, 0.25) is 0 Å². The first-order chi connectivity index (χ1) is 16.8. The minimum absolute atomic E-state index is 0.0172. The standard InChI is InChI=1S/C28H31F3N2O2S/c1-6-19-17-23(13-7-20(19)8-14-25(34)35)36-18(2)24-15-16-33(32-26(24)27(3,4)5)22-11-9-21(10-12-22)28(29,30)31/h7,9-13,16-18H,6,8,14H2,1-5H3,(H,34,35). The number of hydrogen-bond donors (Lipinski definition) is 1. The highest BCUT2D eigenvalue weighted by Gasteiger charge is 2.31. The summed E-state index contributed by atoms with van der Waals surface area (Å²) in [5.41, 5.74) is 6.80. The summed E-state index contributed by atoms with van der Waals surface area (Å²) in [6.07, 6.45) is -1.29. The molecule has 1 atom stereocenters. The molecule has 8 heteroatoms. The fourth-order valence-corrected chi connectivity index (χ4v) is 5.00. The first kappa shape index (κ1) is 27.6. The number of carboxylic acid groups (broad SMARTS) is 1. The molecule has 0 fully saturated rings. The minimum atomic E-state index is -4.39. The Bertz CT molecular complexity index is 1200. The average Bonchev–Trinajstić information content (AvgIpc) is 2.81. The maximum atomic E-state index is 12.9. The summed E-state index contributed by atoms with van der Waals surface area (Å²) in [5, 5.41) is 15.4. The van der Waals surface area contributed by atoms with Crippen molar-refractivity contribution in [2.24, 2.45) is 10.5 Å². The van der Waals surface area contributed by atoms with Crippen LogP contribution in [-0.2, 0) is 23.8 Å². The van der Waals surface area contributed by atoms with E-state index in [2.05, 4.69) is 25.6 Å². The van der Waals surface area contributed by atoms with Gasteiger partial charge in [-0.1, -0.05) is 39.5 Å². The van der Waals surface area contributed by atoms with Crippen molar-refractivity contribution in [2.45, 2.75) is 70.2 Å². The molecule has 2 aromatic carbocycles. The zero-order valence-electron chi connectivity index (χ0n) is 21.1. The van der Waals surface area contributed by atoms with Crippen molar-refractivity contribution in [3.05, 3.63) is 76.7 Å². The number of carbonyl (C=O) groups is 1. The second-order valence-electron chi connectivity index (χ2n) is 9.71. The van der Waals surface area contributed by atoms with Gasteiger partial charge in [0.15, 0.2) is 0 Å². The minimum Gasteiger partial charge on any atom is -0.481 e. The molecule has 36 heavy (non-hydrogen) atoms. The van der Waals surface area contributed by atoms with E-state index >= 15 is 0 Å². The van der Waals surface area contributed by atoms with Gasteiger partial charge < -0.3 is 5.11 Å². The summed E-state index contributed by atoms with van der Waals surface area (Å²) in [7, 11) is 0. The molecule has 1 aliphatic rings. The van der Waals surface area contributed by atoms with E-state index in [0.29, 0.717) is 12.1 Å². The average molecular weight is 517 g/mol. The van der Waals surface area contributed by atoms with Crippen molar-refractivity contribution in [3.8, 4) is 0 Å². The number of benzene rings is 2. The Morgan fingerprint density at radius 1 is 1.11 bits per heavy atom. The fourth-order valence-electron chi connectivity index (χ4n) is 3.94. The van der Waals surface area contributed by atoms with Gasteiger partial charge in [-0.2, -0.15) is 18.3 Å². The molecule has 1 N–H and O–H groups in total. The number of nitrogens with zero attached hydrogens (tertiary/aromatic N) is 2. The van der Waals surface area contributed by atoms with Gasteiger partial charge in [0.2, 0.25) is 0 Å². The van der Waals surface area contributed by atoms with E-state index in [4.69, 9.17) is 10.2 Å². The molecule has 1 heterocycles. The Labute approximate surface area is 214 Å². The van der Waals surface area contributed by atoms with Crippen LogP contribution in [0.15, 0.2) is 70.0 Å². The van der Waals surface area contributed by atoms with Crippen molar-refractivity contribution < 1.29 is 23.1 Å². The summed E-state index contributed by atoms with van der Waals surface area (Å²) in [6.45, 7) is 10.3. The normalized spacial score (nSPS) is 14.9. The molecule has 0 saturated heterocycles. The van der Waals surface area contributed by atoms with Gasteiger partial charge in [-0.3, -0.25) is 4.79 Å². The second-order valence-corrected chi connectivity index (χ2v) is 11.1. The number of thioether (sulfide) groups is 1. The molecule has 0 aliphatic carbocycles. The zero-order chi connectivity index (χ0) is 26.7. The van der Waals surface area contributed by atoms with Crippen molar-refractivity contribution in [1.29, 1.82) is 0 Å². The summed E-state index contributed by atoms with van der Waals surface area (Å²) in [4.78, 5) is 12.0. The van der Waals surface area contributed by atoms with Gasteiger partial charge in [0.25, 0.3) is 0 Å². The summed E-state index contributed by atoms with van der Waals surface area (Å²) >= 11 is 1.67. The van der Waals surface area contributed by atoms with Crippen LogP contribution in [0.5, 0.6) is 0 Å². The van der Waals surface area contributed by atoms with Gasteiger partial charge in [-0.25, -0.2) is 5.01 Å². The topological polar surface area (TPSA) is 52.9 Å². The van der Waals surface area contributed by atoms with E-state index in [1.165, 1.54) is 12.1 Å². The monoisotopic (exact) mass is 516 g/mol. The Balaban J connectivity index is 1.87. The number of carboxylic acids is 1. The van der Waals surface area contributed by atoms with Crippen LogP contribution in [0.1, 0.15) is 57.7 Å². The third-order valence-corrected chi connectivity index (χ3v) is 6.98. The maximum absolute atomic E-state index is 12.9. The fraction of sp³-hybridized carbons (Fsp3) is 0.393. The lowest BCUT2D eigenvalue weighted by molar-refractivity contribution is -0.138. The van der Waals surface area contributed by atoms with Crippen LogP contribution in [0.3, 0.4) is 0 Å². The second kappa shape index (κ2) is 11.0. The third-order valence-electron chi connectivity index (χ3n) is 5.86. The number of aryl methyl sites for hydroxylation is 2. The molecule has 0 saturated carbocycles. The van der Waals surface area contributed by atoms with Crippen LogP contribution in [0.25, 0.3) is 0 Å². The predicted octanol–water partition coefficient (Wildman–Crippen LogP) is 7.73. The molecule has 0 aromatic heterocycles. The van der Waals surface area contributed by atoms with Gasteiger partial charge in [-0.05, 0) is 67.3 Å². The molecule has 1 unspecified atom stereocenters. The molecule has 3 rings (SSSR count). The smallest absolute Gasteiger partial charge is 0.416 e. The van der Waals surface area contributed by atoms with E-state index < -0.39 is 17.7 Å². The van der Waals surface area contributed by atoms with Gasteiger partial charge >= 0.3 is 12.1 Å². The Hall–Kier alpha value is -2.96. The number of anilines is 1. The molecule has 2 aromatic rings. The number of hydrogen-bond acceptors (Lipinski definition) is 4. The van der Waals surface area contributed by atoms with Crippen molar-refractivity contribution in [1.82, 2.24) is 0 Å². The van der Waals surface area contributed by atoms with Crippen molar-refractivity contribution >= 4 is 29.1 Å².